The van der Waals surface area contributed by atoms with Gasteiger partial charge in [0.1, 0.15) is 0 Å². The first kappa shape index (κ1) is 18.5. The Morgan fingerprint density at radius 2 is 1.92 bits per heavy atom. The lowest BCUT2D eigenvalue weighted by Crippen LogP contribution is -2.52. The van der Waals surface area contributed by atoms with Gasteiger partial charge >= 0.3 is 0 Å². The summed E-state index contributed by atoms with van der Waals surface area (Å²) in [5, 5.41) is 17.8. The third-order valence-electron chi connectivity index (χ3n) is 4.67. The number of nitrogens with one attached hydrogen (secondary N) is 1. The van der Waals surface area contributed by atoms with Crippen molar-refractivity contribution in [3.05, 3.63) is 56.8 Å². The summed E-state index contributed by atoms with van der Waals surface area (Å²) in [4.78, 5) is 27.3. The van der Waals surface area contributed by atoms with Gasteiger partial charge in [0.15, 0.2) is 0 Å². The molecular formula is C18H22N4O3S. The fourth-order valence-corrected chi connectivity index (χ4v) is 3.69. The third kappa shape index (κ3) is 4.66. The van der Waals surface area contributed by atoms with E-state index in [9.17, 15) is 14.9 Å². The van der Waals surface area contributed by atoms with Crippen molar-refractivity contribution < 1.29 is 9.72 Å². The van der Waals surface area contributed by atoms with Crippen LogP contribution in [-0.2, 0) is 11.3 Å². The second-order valence-corrected chi connectivity index (χ2v) is 7.19. The topological polar surface area (TPSA) is 78.7 Å². The van der Waals surface area contributed by atoms with Crippen molar-refractivity contribution in [1.82, 2.24) is 9.80 Å². The van der Waals surface area contributed by atoms with Gasteiger partial charge in [-0.05, 0) is 41.4 Å². The van der Waals surface area contributed by atoms with E-state index in [1.807, 2.05) is 6.92 Å². The van der Waals surface area contributed by atoms with Crippen LogP contribution in [0.5, 0.6) is 0 Å². The van der Waals surface area contributed by atoms with Crippen LogP contribution in [-0.4, -0.2) is 52.9 Å². The highest BCUT2D eigenvalue weighted by atomic mass is 32.1. The molecule has 8 heteroatoms. The number of anilines is 1. The van der Waals surface area contributed by atoms with Gasteiger partial charge in [-0.15, -0.1) is 0 Å². The van der Waals surface area contributed by atoms with E-state index < -0.39 is 4.92 Å². The zero-order valence-corrected chi connectivity index (χ0v) is 15.4. The fourth-order valence-electron chi connectivity index (χ4n) is 3.03. The molecule has 26 heavy (non-hydrogen) atoms. The highest BCUT2D eigenvalue weighted by Gasteiger charge is 2.25. The van der Waals surface area contributed by atoms with Crippen LogP contribution in [0.3, 0.4) is 0 Å². The van der Waals surface area contributed by atoms with Crippen molar-refractivity contribution in [2.75, 3.05) is 31.5 Å². The molecule has 1 atom stereocenters. The van der Waals surface area contributed by atoms with Crippen LogP contribution >= 0.6 is 11.3 Å². The molecule has 138 valence electrons. The molecule has 1 saturated heterocycles. The Morgan fingerprint density at radius 1 is 1.23 bits per heavy atom. The molecule has 1 aromatic carbocycles. The summed E-state index contributed by atoms with van der Waals surface area (Å²) in [6.45, 7) is 6.42. The maximum atomic E-state index is 12.5. The lowest BCUT2D eigenvalue weighted by Gasteiger charge is -2.37. The zero-order valence-electron chi connectivity index (χ0n) is 14.6. The summed E-state index contributed by atoms with van der Waals surface area (Å²) in [5.74, 6) is -0.0925. The van der Waals surface area contributed by atoms with Crippen molar-refractivity contribution in [1.29, 1.82) is 0 Å². The minimum atomic E-state index is -0.455. The molecule has 2 heterocycles. The number of carbonyl (C=O) groups excluding carboxylic acids is 1. The van der Waals surface area contributed by atoms with Gasteiger partial charge in [0.2, 0.25) is 5.91 Å². The number of nitro benzene ring substituents is 1. The quantitative estimate of drug-likeness (QED) is 0.621. The Kier molecular flexibility index (Phi) is 5.97. The number of carbonyl (C=O) groups is 1. The second-order valence-electron chi connectivity index (χ2n) is 6.41. The molecule has 1 fully saturated rings. The summed E-state index contributed by atoms with van der Waals surface area (Å²) in [6.07, 6.45) is 0. The zero-order chi connectivity index (χ0) is 18.5. The molecule has 7 nitrogen and oxygen atoms in total. The summed E-state index contributed by atoms with van der Waals surface area (Å²) < 4.78 is 0. The van der Waals surface area contributed by atoms with Crippen LogP contribution in [0.1, 0.15) is 12.5 Å². The van der Waals surface area contributed by atoms with Gasteiger partial charge in [-0.3, -0.25) is 24.7 Å². The average Bonchev–Trinajstić information content (AvgIpc) is 3.15. The van der Waals surface area contributed by atoms with Crippen LogP contribution in [0, 0.1) is 10.1 Å². The molecule has 0 radical (unpaired) electrons. The number of benzene rings is 1. The first-order valence-electron chi connectivity index (χ1n) is 8.56. The van der Waals surface area contributed by atoms with Crippen molar-refractivity contribution in [3.8, 4) is 0 Å². The number of nitro groups is 1. The molecule has 1 aromatic heterocycles. The van der Waals surface area contributed by atoms with E-state index in [4.69, 9.17) is 0 Å². The monoisotopic (exact) mass is 374 g/mol. The number of nitrogens with zero attached hydrogens (tertiary/aromatic N) is 3. The van der Waals surface area contributed by atoms with Crippen LogP contribution in [0.4, 0.5) is 11.4 Å². The number of amides is 1. The number of hydrogen-bond donors (Lipinski definition) is 1. The molecule has 2 aromatic rings. The third-order valence-corrected chi connectivity index (χ3v) is 5.40. The minimum absolute atomic E-state index is 0.0118. The standard InChI is InChI=1S/C18H22N4O3S/c1-14(18(23)19-16-2-4-17(5-3-16)22(24)25)21-9-7-20(8-10-21)12-15-6-11-26-13-15/h2-6,11,13-14H,7-10,12H2,1H3,(H,19,23). The van der Waals surface area contributed by atoms with E-state index in [-0.39, 0.29) is 17.6 Å². The number of hydrogen-bond acceptors (Lipinski definition) is 6. The Hall–Kier alpha value is -2.29. The van der Waals surface area contributed by atoms with Crippen LogP contribution in [0.15, 0.2) is 41.1 Å². The van der Waals surface area contributed by atoms with E-state index in [2.05, 4.69) is 31.9 Å². The molecule has 1 aliphatic rings. The summed E-state index contributed by atoms with van der Waals surface area (Å²) >= 11 is 1.71. The molecule has 1 unspecified atom stereocenters. The molecule has 3 rings (SSSR count). The Morgan fingerprint density at radius 3 is 2.50 bits per heavy atom. The first-order chi connectivity index (χ1) is 12.5. The molecule has 0 bridgehead atoms. The largest absolute Gasteiger partial charge is 0.325 e. The summed E-state index contributed by atoms with van der Waals surface area (Å²) in [5.41, 5.74) is 1.92. The van der Waals surface area contributed by atoms with Gasteiger partial charge in [0, 0.05) is 50.5 Å². The van der Waals surface area contributed by atoms with Crippen molar-refractivity contribution in [2.24, 2.45) is 0 Å². The second kappa shape index (κ2) is 8.39. The molecule has 1 N–H and O–H groups in total. The van der Waals surface area contributed by atoms with Gasteiger partial charge < -0.3 is 5.32 Å². The number of non-ortho nitro benzene ring substituents is 1. The first-order valence-corrected chi connectivity index (χ1v) is 9.50. The average molecular weight is 374 g/mol. The Bertz CT molecular complexity index is 740. The van der Waals surface area contributed by atoms with Gasteiger partial charge in [-0.25, -0.2) is 0 Å². The molecule has 0 spiro atoms. The van der Waals surface area contributed by atoms with Gasteiger partial charge in [-0.1, -0.05) is 0 Å². The smallest absolute Gasteiger partial charge is 0.269 e. The SMILES string of the molecule is CC(C(=O)Nc1ccc([N+](=O)[O-])cc1)N1CCN(Cc2ccsc2)CC1. The summed E-state index contributed by atoms with van der Waals surface area (Å²) in [7, 11) is 0. The minimum Gasteiger partial charge on any atom is -0.325 e. The molecule has 1 amide bonds. The van der Waals surface area contributed by atoms with Gasteiger partial charge in [0.05, 0.1) is 11.0 Å². The van der Waals surface area contributed by atoms with E-state index in [1.165, 1.54) is 17.7 Å². The van der Waals surface area contributed by atoms with Crippen molar-refractivity contribution in [3.63, 3.8) is 0 Å². The maximum Gasteiger partial charge on any atom is 0.269 e. The number of piperazine rings is 1. The molecule has 0 aliphatic carbocycles. The van der Waals surface area contributed by atoms with Crippen LogP contribution in [0.2, 0.25) is 0 Å². The predicted molar refractivity (Wildman–Crippen MR) is 102 cm³/mol. The van der Waals surface area contributed by atoms with E-state index >= 15 is 0 Å². The highest BCUT2D eigenvalue weighted by Crippen LogP contribution is 2.17. The lowest BCUT2D eigenvalue weighted by atomic mass is 10.2. The van der Waals surface area contributed by atoms with Crippen molar-refractivity contribution >= 4 is 28.6 Å². The van der Waals surface area contributed by atoms with E-state index in [0.29, 0.717) is 5.69 Å². The molecule has 0 saturated carbocycles. The number of rotatable bonds is 6. The highest BCUT2D eigenvalue weighted by molar-refractivity contribution is 7.07. The molecule has 1 aliphatic heterocycles. The van der Waals surface area contributed by atoms with E-state index in [1.54, 1.807) is 23.5 Å². The summed E-state index contributed by atoms with van der Waals surface area (Å²) in [6, 6.07) is 7.81. The predicted octanol–water partition coefficient (Wildman–Crippen LogP) is 2.80. The number of thiophene rings is 1. The Balaban J connectivity index is 1.48. The van der Waals surface area contributed by atoms with Gasteiger partial charge in [0.25, 0.3) is 5.69 Å². The molecular weight excluding hydrogens is 352 g/mol. The fraction of sp³-hybridized carbons (Fsp3) is 0.389. The van der Waals surface area contributed by atoms with Crippen molar-refractivity contribution in [2.45, 2.75) is 19.5 Å². The van der Waals surface area contributed by atoms with Gasteiger partial charge in [-0.2, -0.15) is 11.3 Å². The Labute approximate surface area is 156 Å². The normalized spacial score (nSPS) is 17.0. The maximum absolute atomic E-state index is 12.5. The lowest BCUT2D eigenvalue weighted by molar-refractivity contribution is -0.384. The van der Waals surface area contributed by atoms with E-state index in [0.717, 1.165) is 32.7 Å². The van der Waals surface area contributed by atoms with Crippen LogP contribution in [0.25, 0.3) is 0 Å². The van der Waals surface area contributed by atoms with Crippen LogP contribution < -0.4 is 5.32 Å².